The quantitative estimate of drug-likeness (QED) is 0.767. The molecule has 0 atom stereocenters. The summed E-state index contributed by atoms with van der Waals surface area (Å²) in [4.78, 5) is 29.8. The van der Waals surface area contributed by atoms with Gasteiger partial charge in [-0.2, -0.15) is 0 Å². The van der Waals surface area contributed by atoms with E-state index in [1.54, 1.807) is 19.6 Å². The average molecular weight is 399 g/mol. The number of methoxy groups -OCH3 is 1. The van der Waals surface area contributed by atoms with Crippen LogP contribution in [0, 0.1) is 5.41 Å². The highest BCUT2D eigenvalue weighted by atomic mass is 16.6. The molecule has 2 fully saturated rings. The van der Waals surface area contributed by atoms with Crippen molar-refractivity contribution in [1.29, 1.82) is 0 Å². The molecule has 4 rings (SSSR count). The fourth-order valence-electron chi connectivity index (χ4n) is 4.37. The second-order valence-electron chi connectivity index (χ2n) is 9.05. The van der Waals surface area contributed by atoms with Crippen molar-refractivity contribution in [1.82, 2.24) is 19.9 Å². The Morgan fingerprint density at radius 3 is 2.52 bits per heavy atom. The van der Waals surface area contributed by atoms with Gasteiger partial charge in [-0.25, -0.2) is 19.7 Å². The van der Waals surface area contributed by atoms with Gasteiger partial charge in [-0.3, -0.25) is 0 Å². The van der Waals surface area contributed by atoms with E-state index < -0.39 is 5.60 Å². The van der Waals surface area contributed by atoms with Crippen LogP contribution in [0.25, 0.3) is 10.9 Å². The Kier molecular flexibility index (Phi) is 4.96. The van der Waals surface area contributed by atoms with Gasteiger partial charge in [0.05, 0.1) is 7.11 Å². The van der Waals surface area contributed by atoms with E-state index in [4.69, 9.17) is 9.47 Å². The molecule has 2 aliphatic rings. The number of aromatic nitrogens is 3. The zero-order valence-corrected chi connectivity index (χ0v) is 17.6. The van der Waals surface area contributed by atoms with Crippen LogP contribution < -0.4 is 9.64 Å². The fraction of sp³-hybridized carbons (Fsp3) is 0.619. The summed E-state index contributed by atoms with van der Waals surface area (Å²) >= 11 is 0. The Hall–Kier alpha value is -2.64. The molecule has 0 radical (unpaired) electrons. The highest BCUT2D eigenvalue weighted by Gasteiger charge is 2.43. The minimum Gasteiger partial charge on any atom is -0.479 e. The number of piperidine rings is 1. The zero-order valence-electron chi connectivity index (χ0n) is 17.6. The number of rotatable bonds is 2. The van der Waals surface area contributed by atoms with Gasteiger partial charge in [0.25, 0.3) is 0 Å². The van der Waals surface area contributed by atoms with Crippen LogP contribution in [0.15, 0.2) is 18.6 Å². The van der Waals surface area contributed by atoms with Crippen LogP contribution in [0.3, 0.4) is 0 Å². The monoisotopic (exact) mass is 399 g/mol. The van der Waals surface area contributed by atoms with E-state index in [1.807, 2.05) is 31.7 Å². The van der Waals surface area contributed by atoms with Crippen LogP contribution in [0.4, 0.5) is 10.6 Å². The first-order chi connectivity index (χ1) is 13.8. The van der Waals surface area contributed by atoms with Gasteiger partial charge in [0.1, 0.15) is 23.3 Å². The Morgan fingerprint density at radius 1 is 1.10 bits per heavy atom. The third kappa shape index (κ3) is 3.93. The molecule has 2 aliphatic heterocycles. The number of nitrogens with zero attached hydrogens (tertiary/aromatic N) is 5. The van der Waals surface area contributed by atoms with Crippen LogP contribution in [-0.4, -0.2) is 64.8 Å². The van der Waals surface area contributed by atoms with Crippen LogP contribution in [-0.2, 0) is 4.74 Å². The SMILES string of the molecule is COc1nccc2c(N3CCC4(CCN(C(=O)OC(C)(C)C)C4)CC3)ncnc12. The Labute approximate surface area is 171 Å². The molecule has 4 heterocycles. The van der Waals surface area contributed by atoms with E-state index in [0.717, 1.165) is 62.2 Å². The molecular weight excluding hydrogens is 370 g/mol. The highest BCUT2D eigenvalue weighted by molar-refractivity contribution is 5.92. The van der Waals surface area contributed by atoms with Crippen molar-refractivity contribution in [3.8, 4) is 5.88 Å². The Bertz CT molecular complexity index is 903. The summed E-state index contributed by atoms with van der Waals surface area (Å²) in [5.74, 6) is 1.44. The second-order valence-corrected chi connectivity index (χ2v) is 9.05. The molecule has 1 amide bonds. The van der Waals surface area contributed by atoms with Crippen molar-refractivity contribution < 1.29 is 14.3 Å². The summed E-state index contributed by atoms with van der Waals surface area (Å²) in [6, 6.07) is 1.94. The van der Waals surface area contributed by atoms with Crippen molar-refractivity contribution in [2.75, 3.05) is 38.2 Å². The summed E-state index contributed by atoms with van der Waals surface area (Å²) in [6.07, 6.45) is 6.20. The lowest BCUT2D eigenvalue weighted by molar-refractivity contribution is 0.0266. The number of pyridine rings is 1. The molecule has 0 aliphatic carbocycles. The minimum atomic E-state index is -0.458. The first-order valence-electron chi connectivity index (χ1n) is 10.2. The van der Waals surface area contributed by atoms with Crippen molar-refractivity contribution in [3.05, 3.63) is 18.6 Å². The van der Waals surface area contributed by atoms with Crippen molar-refractivity contribution in [2.24, 2.45) is 5.41 Å². The van der Waals surface area contributed by atoms with Gasteiger partial charge in [-0.1, -0.05) is 0 Å². The summed E-state index contributed by atoms with van der Waals surface area (Å²) in [5.41, 5.74) is 0.451. The van der Waals surface area contributed by atoms with Gasteiger partial charge in [-0.05, 0) is 51.5 Å². The molecule has 156 valence electrons. The van der Waals surface area contributed by atoms with Crippen LogP contribution in [0.5, 0.6) is 5.88 Å². The summed E-state index contributed by atoms with van der Waals surface area (Å²) in [6.45, 7) is 9.08. The van der Waals surface area contributed by atoms with E-state index in [0.29, 0.717) is 5.88 Å². The van der Waals surface area contributed by atoms with Gasteiger partial charge >= 0.3 is 6.09 Å². The van der Waals surface area contributed by atoms with Crippen LogP contribution >= 0.6 is 0 Å². The van der Waals surface area contributed by atoms with E-state index in [1.165, 1.54) is 0 Å². The maximum Gasteiger partial charge on any atom is 0.410 e. The number of hydrogen-bond donors (Lipinski definition) is 0. The standard InChI is InChI=1S/C21H29N5O3/c1-20(2,3)29-19(27)26-12-8-21(13-26)6-10-25(11-7-21)17-15-5-9-22-18(28-4)16(15)23-14-24-17/h5,9,14H,6-8,10-13H2,1-4H3. The molecule has 2 aromatic heterocycles. The van der Waals surface area contributed by atoms with Crippen molar-refractivity contribution in [2.45, 2.75) is 45.6 Å². The fourth-order valence-corrected chi connectivity index (χ4v) is 4.37. The number of fused-ring (bicyclic) bond motifs is 1. The second kappa shape index (κ2) is 7.31. The molecule has 8 nitrogen and oxygen atoms in total. The molecule has 8 heteroatoms. The van der Waals surface area contributed by atoms with Gasteiger partial charge < -0.3 is 19.3 Å². The third-order valence-corrected chi connectivity index (χ3v) is 5.91. The summed E-state index contributed by atoms with van der Waals surface area (Å²) in [7, 11) is 1.60. The maximum atomic E-state index is 12.4. The lowest BCUT2D eigenvalue weighted by Gasteiger charge is -2.40. The lowest BCUT2D eigenvalue weighted by Crippen LogP contribution is -2.43. The molecule has 0 N–H and O–H groups in total. The smallest absolute Gasteiger partial charge is 0.410 e. The Morgan fingerprint density at radius 2 is 1.83 bits per heavy atom. The van der Waals surface area contributed by atoms with Gasteiger partial charge in [0.2, 0.25) is 5.88 Å². The predicted molar refractivity (Wildman–Crippen MR) is 110 cm³/mol. The molecule has 0 bridgehead atoms. The Balaban J connectivity index is 1.46. The lowest BCUT2D eigenvalue weighted by atomic mass is 9.78. The minimum absolute atomic E-state index is 0.176. The molecule has 0 saturated carbocycles. The van der Waals surface area contributed by atoms with E-state index >= 15 is 0 Å². The number of ether oxygens (including phenoxy) is 2. The first-order valence-corrected chi connectivity index (χ1v) is 10.2. The summed E-state index contributed by atoms with van der Waals surface area (Å²) < 4.78 is 10.9. The van der Waals surface area contributed by atoms with Crippen LogP contribution in [0.1, 0.15) is 40.0 Å². The molecule has 2 aromatic rings. The molecular formula is C21H29N5O3. The van der Waals surface area contributed by atoms with E-state index in [9.17, 15) is 4.79 Å². The average Bonchev–Trinajstić information content (AvgIpc) is 3.10. The number of carbonyl (C=O) groups excluding carboxylic acids is 1. The maximum absolute atomic E-state index is 12.4. The molecule has 1 spiro atoms. The largest absolute Gasteiger partial charge is 0.479 e. The number of likely N-dealkylation sites (tertiary alicyclic amines) is 1. The molecule has 0 aromatic carbocycles. The molecule has 29 heavy (non-hydrogen) atoms. The molecule has 0 unspecified atom stereocenters. The van der Waals surface area contributed by atoms with E-state index in [-0.39, 0.29) is 11.5 Å². The van der Waals surface area contributed by atoms with E-state index in [2.05, 4.69) is 19.9 Å². The van der Waals surface area contributed by atoms with Gasteiger partial charge in [-0.15, -0.1) is 0 Å². The highest BCUT2D eigenvalue weighted by Crippen LogP contribution is 2.42. The topological polar surface area (TPSA) is 80.7 Å². The van der Waals surface area contributed by atoms with Crippen LogP contribution in [0.2, 0.25) is 0 Å². The normalized spacial score (nSPS) is 19.0. The predicted octanol–water partition coefficient (Wildman–Crippen LogP) is 3.26. The number of hydrogen-bond acceptors (Lipinski definition) is 7. The number of amides is 1. The molecule has 2 saturated heterocycles. The van der Waals surface area contributed by atoms with Crippen molar-refractivity contribution >= 4 is 22.8 Å². The van der Waals surface area contributed by atoms with Crippen molar-refractivity contribution in [3.63, 3.8) is 0 Å². The third-order valence-electron chi connectivity index (χ3n) is 5.91. The zero-order chi connectivity index (χ0) is 20.6. The van der Waals surface area contributed by atoms with Gasteiger partial charge in [0.15, 0.2) is 0 Å². The summed E-state index contributed by atoms with van der Waals surface area (Å²) in [5, 5.41) is 0.956. The number of anilines is 1. The number of carbonyl (C=O) groups is 1. The van der Waals surface area contributed by atoms with Gasteiger partial charge in [0, 0.05) is 37.8 Å². The first kappa shape index (κ1) is 19.7.